The molecule has 5 heteroatoms. The Morgan fingerprint density at radius 2 is 1.65 bits per heavy atom. The quantitative estimate of drug-likeness (QED) is 0.893. The fraction of sp³-hybridized carbons (Fsp3) is 0. The minimum atomic E-state index is -1.15. The van der Waals surface area contributed by atoms with Gasteiger partial charge in [-0.2, -0.15) is 0 Å². The van der Waals surface area contributed by atoms with Crippen molar-refractivity contribution in [1.82, 2.24) is 0 Å². The number of carboxylic acids is 2. The minimum Gasteiger partial charge on any atom is -0.478 e. The molecule has 2 aromatic carbocycles. The van der Waals surface area contributed by atoms with Crippen LogP contribution in [0.2, 0.25) is 0 Å². The summed E-state index contributed by atoms with van der Waals surface area (Å²) in [4.78, 5) is 22.2. The highest BCUT2D eigenvalue weighted by Gasteiger charge is 2.16. The maximum atomic E-state index is 11.1. The van der Waals surface area contributed by atoms with E-state index < -0.39 is 11.9 Å². The Balaban J connectivity index is 2.96. The van der Waals surface area contributed by atoms with Crippen LogP contribution in [0.3, 0.4) is 0 Å². The Hall–Kier alpha value is -1.88. The van der Waals surface area contributed by atoms with Crippen LogP contribution in [0.1, 0.15) is 20.7 Å². The zero-order valence-corrected chi connectivity index (χ0v) is 10.1. The summed E-state index contributed by atoms with van der Waals surface area (Å²) in [6, 6.07) is 7.75. The first-order valence-electron chi connectivity index (χ1n) is 4.69. The second-order valence-electron chi connectivity index (χ2n) is 3.47. The van der Waals surface area contributed by atoms with Crippen LogP contribution in [-0.2, 0) is 0 Å². The Bertz CT molecular complexity index is 634. The molecule has 0 saturated heterocycles. The third kappa shape index (κ3) is 2.01. The molecule has 2 rings (SSSR count). The van der Waals surface area contributed by atoms with Crippen molar-refractivity contribution < 1.29 is 19.8 Å². The largest absolute Gasteiger partial charge is 0.478 e. The number of hydrogen-bond donors (Lipinski definition) is 2. The maximum Gasteiger partial charge on any atom is 0.336 e. The Kier molecular flexibility index (Phi) is 2.85. The molecule has 86 valence electrons. The lowest BCUT2D eigenvalue weighted by atomic mass is 9.99. The molecule has 0 spiro atoms. The fourth-order valence-electron chi connectivity index (χ4n) is 1.74. The van der Waals surface area contributed by atoms with Crippen LogP contribution in [-0.4, -0.2) is 22.2 Å². The molecule has 0 aliphatic rings. The Labute approximate surface area is 105 Å². The van der Waals surface area contributed by atoms with Gasteiger partial charge in [-0.05, 0) is 23.6 Å². The molecule has 0 heterocycles. The first kappa shape index (κ1) is 11.6. The molecule has 0 aliphatic heterocycles. The number of carboxylic acid groups (broad SMARTS) is 2. The number of aromatic carboxylic acids is 2. The number of halogens is 1. The molecule has 2 N–H and O–H groups in total. The van der Waals surface area contributed by atoms with E-state index in [1.807, 2.05) is 0 Å². The number of hydrogen-bond acceptors (Lipinski definition) is 2. The topological polar surface area (TPSA) is 74.6 Å². The van der Waals surface area contributed by atoms with Gasteiger partial charge in [0.25, 0.3) is 0 Å². The molecular formula is C12H7BrO4. The lowest BCUT2D eigenvalue weighted by Gasteiger charge is -2.07. The highest BCUT2D eigenvalue weighted by Crippen LogP contribution is 2.27. The predicted molar refractivity (Wildman–Crippen MR) is 65.6 cm³/mol. The summed E-state index contributed by atoms with van der Waals surface area (Å²) in [6.07, 6.45) is 0. The summed E-state index contributed by atoms with van der Waals surface area (Å²) in [7, 11) is 0. The summed E-state index contributed by atoms with van der Waals surface area (Å²) in [5, 5.41) is 19.0. The van der Waals surface area contributed by atoms with Crippen LogP contribution in [0.15, 0.2) is 34.8 Å². The molecule has 0 aliphatic carbocycles. The number of benzene rings is 2. The second kappa shape index (κ2) is 4.18. The molecule has 0 bridgehead atoms. The van der Waals surface area contributed by atoms with E-state index in [9.17, 15) is 9.59 Å². The molecule has 0 aromatic heterocycles. The van der Waals surface area contributed by atoms with E-state index in [1.165, 1.54) is 12.1 Å². The summed E-state index contributed by atoms with van der Waals surface area (Å²) in [5.41, 5.74) is -0.0280. The lowest BCUT2D eigenvalue weighted by Crippen LogP contribution is -2.04. The van der Waals surface area contributed by atoms with Crippen molar-refractivity contribution in [2.24, 2.45) is 0 Å². The van der Waals surface area contributed by atoms with E-state index in [1.54, 1.807) is 18.2 Å². The number of rotatable bonds is 2. The van der Waals surface area contributed by atoms with Gasteiger partial charge in [-0.1, -0.05) is 28.1 Å². The molecule has 0 amide bonds. The third-order valence-corrected chi connectivity index (χ3v) is 2.86. The van der Waals surface area contributed by atoms with Crippen molar-refractivity contribution in [1.29, 1.82) is 0 Å². The van der Waals surface area contributed by atoms with Gasteiger partial charge in [0.05, 0.1) is 11.1 Å². The summed E-state index contributed by atoms with van der Waals surface area (Å²) in [6.45, 7) is 0. The average molecular weight is 295 g/mol. The van der Waals surface area contributed by atoms with E-state index >= 15 is 0 Å². The van der Waals surface area contributed by atoms with Gasteiger partial charge in [-0.25, -0.2) is 9.59 Å². The summed E-state index contributed by atoms with van der Waals surface area (Å²) >= 11 is 3.20. The first-order chi connectivity index (χ1) is 8.00. The molecule has 17 heavy (non-hydrogen) atoms. The van der Waals surface area contributed by atoms with Gasteiger partial charge in [0.1, 0.15) is 0 Å². The fourth-order valence-corrected chi connectivity index (χ4v) is 2.21. The van der Waals surface area contributed by atoms with Gasteiger partial charge in [0, 0.05) is 9.86 Å². The lowest BCUT2D eigenvalue weighted by molar-refractivity contribution is 0.0695. The van der Waals surface area contributed by atoms with Gasteiger partial charge in [-0.15, -0.1) is 0 Å². The van der Waals surface area contributed by atoms with Gasteiger partial charge in [0.2, 0.25) is 0 Å². The Morgan fingerprint density at radius 3 is 2.24 bits per heavy atom. The van der Waals surface area contributed by atoms with Crippen LogP contribution in [0, 0.1) is 0 Å². The van der Waals surface area contributed by atoms with Crippen molar-refractivity contribution in [3.05, 3.63) is 45.9 Å². The smallest absolute Gasteiger partial charge is 0.336 e. The molecule has 0 fully saturated rings. The summed E-state index contributed by atoms with van der Waals surface area (Å²) < 4.78 is 0.602. The van der Waals surface area contributed by atoms with E-state index in [4.69, 9.17) is 10.2 Å². The van der Waals surface area contributed by atoms with Gasteiger partial charge in [0.15, 0.2) is 0 Å². The molecule has 0 saturated carbocycles. The minimum absolute atomic E-state index is 0.00704. The average Bonchev–Trinajstić information content (AvgIpc) is 2.26. The zero-order valence-electron chi connectivity index (χ0n) is 8.48. The van der Waals surface area contributed by atoms with Gasteiger partial charge in [-0.3, -0.25) is 0 Å². The van der Waals surface area contributed by atoms with Gasteiger partial charge < -0.3 is 10.2 Å². The highest BCUT2D eigenvalue weighted by atomic mass is 79.9. The first-order valence-corrected chi connectivity index (χ1v) is 5.49. The predicted octanol–water partition coefficient (Wildman–Crippen LogP) is 3.00. The van der Waals surface area contributed by atoms with E-state index in [0.29, 0.717) is 9.86 Å². The van der Waals surface area contributed by atoms with Crippen LogP contribution >= 0.6 is 15.9 Å². The SMILES string of the molecule is O=C(O)c1cccc2cc(Br)cc(C(=O)O)c12. The van der Waals surface area contributed by atoms with Crippen LogP contribution in [0.4, 0.5) is 0 Å². The number of fused-ring (bicyclic) bond motifs is 1. The van der Waals surface area contributed by atoms with Crippen molar-refractivity contribution in [2.45, 2.75) is 0 Å². The van der Waals surface area contributed by atoms with Crippen LogP contribution < -0.4 is 0 Å². The van der Waals surface area contributed by atoms with Crippen molar-refractivity contribution in [2.75, 3.05) is 0 Å². The highest BCUT2D eigenvalue weighted by molar-refractivity contribution is 9.10. The second-order valence-corrected chi connectivity index (χ2v) is 4.38. The Morgan fingerprint density at radius 1 is 1.00 bits per heavy atom. The number of carbonyl (C=O) groups is 2. The monoisotopic (exact) mass is 294 g/mol. The molecule has 0 atom stereocenters. The zero-order chi connectivity index (χ0) is 12.6. The van der Waals surface area contributed by atoms with E-state index in [-0.39, 0.29) is 16.5 Å². The van der Waals surface area contributed by atoms with E-state index in [2.05, 4.69) is 15.9 Å². The van der Waals surface area contributed by atoms with Crippen molar-refractivity contribution >= 4 is 38.6 Å². The van der Waals surface area contributed by atoms with Crippen LogP contribution in [0.5, 0.6) is 0 Å². The van der Waals surface area contributed by atoms with Crippen molar-refractivity contribution in [3.8, 4) is 0 Å². The molecule has 0 unspecified atom stereocenters. The van der Waals surface area contributed by atoms with E-state index in [0.717, 1.165) is 0 Å². The third-order valence-electron chi connectivity index (χ3n) is 2.40. The van der Waals surface area contributed by atoms with Crippen LogP contribution in [0.25, 0.3) is 10.8 Å². The molecule has 0 radical (unpaired) electrons. The maximum absolute atomic E-state index is 11.1. The van der Waals surface area contributed by atoms with Gasteiger partial charge >= 0.3 is 11.9 Å². The standard InChI is InChI=1S/C12H7BrO4/c13-7-4-6-2-1-3-8(11(14)15)10(6)9(5-7)12(16)17/h1-5H,(H,14,15)(H,16,17). The summed E-state index contributed by atoms with van der Waals surface area (Å²) in [5.74, 6) is -2.29. The molecule has 2 aromatic rings. The molecule has 4 nitrogen and oxygen atoms in total. The van der Waals surface area contributed by atoms with Crippen molar-refractivity contribution in [3.63, 3.8) is 0 Å². The normalized spacial score (nSPS) is 10.4. The molecular weight excluding hydrogens is 288 g/mol.